The van der Waals surface area contributed by atoms with Crippen molar-refractivity contribution in [3.63, 3.8) is 0 Å². The Balaban J connectivity index is 2.03. The molecule has 0 aliphatic carbocycles. The third-order valence-electron chi connectivity index (χ3n) is 2.93. The number of hydrogen-bond donors (Lipinski definition) is 1. The molecule has 0 amide bonds. The molecule has 1 aliphatic heterocycles. The maximum atomic E-state index is 5.71. The summed E-state index contributed by atoms with van der Waals surface area (Å²) in [5.41, 5.74) is 2.38. The van der Waals surface area contributed by atoms with Crippen molar-refractivity contribution >= 4 is 5.52 Å². The van der Waals surface area contributed by atoms with Crippen LogP contribution in [0.15, 0.2) is 24.5 Å². The number of nitrogens with zero attached hydrogens (tertiary/aromatic N) is 2. The van der Waals surface area contributed by atoms with Crippen LogP contribution < -0.4 is 5.32 Å². The van der Waals surface area contributed by atoms with Crippen molar-refractivity contribution in [2.75, 3.05) is 19.7 Å². The molecule has 1 unspecified atom stereocenters. The minimum absolute atomic E-state index is 0.0685. The number of rotatable bonds is 1. The molecule has 16 heavy (non-hydrogen) atoms. The highest BCUT2D eigenvalue weighted by Gasteiger charge is 2.19. The SMILES string of the molecule is Cc1ccn2c(C3CNCCO3)ncc2c1. The highest BCUT2D eigenvalue weighted by molar-refractivity contribution is 5.48. The molecule has 0 spiro atoms. The van der Waals surface area contributed by atoms with Crippen molar-refractivity contribution in [3.8, 4) is 0 Å². The molecule has 1 atom stereocenters. The summed E-state index contributed by atoms with van der Waals surface area (Å²) in [4.78, 5) is 4.46. The molecule has 2 aromatic rings. The zero-order chi connectivity index (χ0) is 11.0. The Morgan fingerprint density at radius 1 is 1.56 bits per heavy atom. The summed E-state index contributed by atoms with van der Waals surface area (Å²) >= 11 is 0. The lowest BCUT2D eigenvalue weighted by Gasteiger charge is -2.22. The minimum Gasteiger partial charge on any atom is -0.368 e. The first-order valence-corrected chi connectivity index (χ1v) is 5.60. The molecule has 0 radical (unpaired) electrons. The lowest BCUT2D eigenvalue weighted by molar-refractivity contribution is 0.0218. The smallest absolute Gasteiger partial charge is 0.143 e. The summed E-state index contributed by atoms with van der Waals surface area (Å²) in [6, 6.07) is 4.22. The van der Waals surface area contributed by atoms with Crippen LogP contribution in [-0.2, 0) is 4.74 Å². The van der Waals surface area contributed by atoms with Crippen LogP contribution in [0, 0.1) is 6.92 Å². The van der Waals surface area contributed by atoms with Crippen LogP contribution in [0.3, 0.4) is 0 Å². The standard InChI is InChI=1S/C12H15N3O/c1-9-2-4-15-10(6-9)7-14-12(15)11-8-13-3-5-16-11/h2,4,6-7,11,13H,3,5,8H2,1H3. The summed E-state index contributed by atoms with van der Waals surface area (Å²) in [5.74, 6) is 0.988. The van der Waals surface area contributed by atoms with E-state index >= 15 is 0 Å². The van der Waals surface area contributed by atoms with E-state index in [0.717, 1.165) is 31.0 Å². The molecule has 1 fully saturated rings. The number of hydrogen-bond acceptors (Lipinski definition) is 3. The van der Waals surface area contributed by atoms with Crippen LogP contribution in [0.1, 0.15) is 17.5 Å². The molecule has 4 nitrogen and oxygen atoms in total. The van der Waals surface area contributed by atoms with Gasteiger partial charge < -0.3 is 14.5 Å². The Hall–Kier alpha value is -1.39. The third kappa shape index (κ3) is 1.60. The van der Waals surface area contributed by atoms with Gasteiger partial charge in [0.1, 0.15) is 11.9 Å². The Bertz CT molecular complexity index is 500. The van der Waals surface area contributed by atoms with Crippen molar-refractivity contribution in [2.45, 2.75) is 13.0 Å². The Morgan fingerprint density at radius 3 is 3.31 bits per heavy atom. The van der Waals surface area contributed by atoms with Crippen LogP contribution in [-0.4, -0.2) is 29.1 Å². The van der Waals surface area contributed by atoms with Crippen LogP contribution in [0.4, 0.5) is 0 Å². The van der Waals surface area contributed by atoms with Gasteiger partial charge in [-0.05, 0) is 24.6 Å². The fourth-order valence-electron chi connectivity index (χ4n) is 2.10. The number of imidazole rings is 1. The van der Waals surface area contributed by atoms with E-state index in [4.69, 9.17) is 4.74 Å². The van der Waals surface area contributed by atoms with Gasteiger partial charge in [0.2, 0.25) is 0 Å². The number of aryl methyl sites for hydroxylation is 1. The highest BCUT2D eigenvalue weighted by Crippen LogP contribution is 2.19. The molecule has 4 heteroatoms. The normalized spacial score (nSPS) is 21.4. The van der Waals surface area contributed by atoms with Crippen molar-refractivity contribution in [3.05, 3.63) is 35.9 Å². The van der Waals surface area contributed by atoms with Gasteiger partial charge in [0, 0.05) is 19.3 Å². The summed E-state index contributed by atoms with van der Waals surface area (Å²) in [6.07, 6.45) is 4.03. The Morgan fingerprint density at radius 2 is 2.50 bits per heavy atom. The quantitative estimate of drug-likeness (QED) is 0.782. The first kappa shape index (κ1) is 9.81. The topological polar surface area (TPSA) is 38.6 Å². The zero-order valence-corrected chi connectivity index (χ0v) is 9.31. The van der Waals surface area contributed by atoms with Crippen molar-refractivity contribution in [1.29, 1.82) is 0 Å². The number of ether oxygens (including phenoxy) is 1. The van der Waals surface area contributed by atoms with E-state index in [0.29, 0.717) is 0 Å². The van der Waals surface area contributed by atoms with Gasteiger partial charge in [0.15, 0.2) is 0 Å². The summed E-state index contributed by atoms with van der Waals surface area (Å²) in [7, 11) is 0. The number of fused-ring (bicyclic) bond motifs is 1. The average molecular weight is 217 g/mol. The summed E-state index contributed by atoms with van der Waals surface area (Å²) in [5, 5.41) is 3.32. The van der Waals surface area contributed by atoms with Gasteiger partial charge in [-0.25, -0.2) is 4.98 Å². The highest BCUT2D eigenvalue weighted by atomic mass is 16.5. The van der Waals surface area contributed by atoms with E-state index < -0.39 is 0 Å². The predicted molar refractivity (Wildman–Crippen MR) is 61.5 cm³/mol. The Labute approximate surface area is 94.3 Å². The van der Waals surface area contributed by atoms with Crippen LogP contribution >= 0.6 is 0 Å². The van der Waals surface area contributed by atoms with Gasteiger partial charge in [-0.2, -0.15) is 0 Å². The predicted octanol–water partition coefficient (Wildman–Crippen LogP) is 1.30. The molecule has 1 N–H and O–H groups in total. The van der Waals surface area contributed by atoms with Crippen molar-refractivity contribution < 1.29 is 4.74 Å². The largest absolute Gasteiger partial charge is 0.368 e. The van der Waals surface area contributed by atoms with E-state index in [-0.39, 0.29) is 6.10 Å². The zero-order valence-electron chi connectivity index (χ0n) is 9.31. The molecule has 1 aliphatic rings. The number of nitrogens with one attached hydrogen (secondary N) is 1. The summed E-state index contributed by atoms with van der Waals surface area (Å²) in [6.45, 7) is 4.61. The lowest BCUT2D eigenvalue weighted by atomic mass is 10.2. The minimum atomic E-state index is 0.0685. The first-order valence-electron chi connectivity index (χ1n) is 5.60. The molecular weight excluding hydrogens is 202 g/mol. The first-order chi connectivity index (χ1) is 7.84. The van der Waals surface area contributed by atoms with Crippen molar-refractivity contribution in [1.82, 2.24) is 14.7 Å². The van der Waals surface area contributed by atoms with E-state index in [1.165, 1.54) is 5.56 Å². The van der Waals surface area contributed by atoms with Crippen molar-refractivity contribution in [2.24, 2.45) is 0 Å². The fraction of sp³-hybridized carbons (Fsp3) is 0.417. The fourth-order valence-corrected chi connectivity index (χ4v) is 2.10. The van der Waals surface area contributed by atoms with Crippen LogP contribution in [0.5, 0.6) is 0 Å². The second-order valence-corrected chi connectivity index (χ2v) is 4.18. The number of aromatic nitrogens is 2. The van der Waals surface area contributed by atoms with E-state index in [1.807, 2.05) is 6.20 Å². The second kappa shape index (κ2) is 3.88. The molecule has 2 aromatic heterocycles. The average Bonchev–Trinajstić information content (AvgIpc) is 2.73. The molecule has 0 bridgehead atoms. The second-order valence-electron chi connectivity index (χ2n) is 4.18. The van der Waals surface area contributed by atoms with Gasteiger partial charge in [-0.15, -0.1) is 0 Å². The van der Waals surface area contributed by atoms with Gasteiger partial charge >= 0.3 is 0 Å². The molecule has 3 rings (SSSR count). The third-order valence-corrected chi connectivity index (χ3v) is 2.93. The van der Waals surface area contributed by atoms with Gasteiger partial charge in [0.05, 0.1) is 18.3 Å². The molecule has 0 aromatic carbocycles. The van der Waals surface area contributed by atoms with Gasteiger partial charge in [-0.3, -0.25) is 0 Å². The maximum absolute atomic E-state index is 5.71. The number of morpholine rings is 1. The monoisotopic (exact) mass is 217 g/mol. The van der Waals surface area contributed by atoms with Crippen LogP contribution in [0.2, 0.25) is 0 Å². The van der Waals surface area contributed by atoms with Crippen LogP contribution in [0.25, 0.3) is 5.52 Å². The molecular formula is C12H15N3O. The molecule has 84 valence electrons. The van der Waals surface area contributed by atoms with Gasteiger partial charge in [-0.1, -0.05) is 0 Å². The van der Waals surface area contributed by atoms with E-state index in [2.05, 4.69) is 40.0 Å². The molecule has 1 saturated heterocycles. The van der Waals surface area contributed by atoms with E-state index in [9.17, 15) is 0 Å². The molecule has 3 heterocycles. The number of pyridine rings is 1. The molecule has 0 saturated carbocycles. The maximum Gasteiger partial charge on any atom is 0.143 e. The lowest BCUT2D eigenvalue weighted by Crippen LogP contribution is -2.34. The Kier molecular flexibility index (Phi) is 2.38. The van der Waals surface area contributed by atoms with Gasteiger partial charge in [0.25, 0.3) is 0 Å². The van der Waals surface area contributed by atoms with E-state index in [1.54, 1.807) is 0 Å². The summed E-state index contributed by atoms with van der Waals surface area (Å²) < 4.78 is 7.82.